The SMILES string of the molecule is CC(C)(C)c1nn(Cc2ccccc2Cl)c(N)c1C#N. The molecule has 0 unspecified atom stereocenters. The molecule has 2 N–H and O–H groups in total. The molecule has 1 aromatic carbocycles. The van der Waals surface area contributed by atoms with Crippen LogP contribution >= 0.6 is 11.6 Å². The zero-order chi connectivity index (χ0) is 14.9. The Hall–Kier alpha value is -1.99. The molecule has 2 rings (SSSR count). The van der Waals surface area contributed by atoms with E-state index >= 15 is 0 Å². The highest BCUT2D eigenvalue weighted by Gasteiger charge is 2.25. The number of nitrogen functional groups attached to an aromatic ring is 1. The van der Waals surface area contributed by atoms with Gasteiger partial charge in [-0.3, -0.25) is 0 Å². The van der Waals surface area contributed by atoms with Crippen LogP contribution in [-0.2, 0) is 12.0 Å². The van der Waals surface area contributed by atoms with Crippen molar-refractivity contribution in [3.8, 4) is 6.07 Å². The fourth-order valence-corrected chi connectivity index (χ4v) is 2.21. The van der Waals surface area contributed by atoms with Gasteiger partial charge in [0, 0.05) is 10.4 Å². The van der Waals surface area contributed by atoms with E-state index in [2.05, 4.69) is 11.2 Å². The second-order valence-electron chi connectivity index (χ2n) is 5.72. The van der Waals surface area contributed by atoms with E-state index in [1.807, 2.05) is 45.0 Å². The van der Waals surface area contributed by atoms with Crippen molar-refractivity contribution in [1.82, 2.24) is 9.78 Å². The van der Waals surface area contributed by atoms with Crippen molar-refractivity contribution in [1.29, 1.82) is 5.26 Å². The first kappa shape index (κ1) is 14.4. The minimum Gasteiger partial charge on any atom is -0.383 e. The number of aromatic nitrogens is 2. The minimum absolute atomic E-state index is 0.231. The number of nitrogens with two attached hydrogens (primary N) is 1. The van der Waals surface area contributed by atoms with Crippen LogP contribution in [0.15, 0.2) is 24.3 Å². The largest absolute Gasteiger partial charge is 0.383 e. The van der Waals surface area contributed by atoms with Crippen molar-refractivity contribution >= 4 is 17.4 Å². The van der Waals surface area contributed by atoms with E-state index in [0.29, 0.717) is 28.6 Å². The van der Waals surface area contributed by atoms with Crippen molar-refractivity contribution in [3.63, 3.8) is 0 Å². The summed E-state index contributed by atoms with van der Waals surface area (Å²) in [5, 5.41) is 14.5. The Morgan fingerprint density at radius 1 is 1.35 bits per heavy atom. The van der Waals surface area contributed by atoms with Gasteiger partial charge in [-0.15, -0.1) is 0 Å². The summed E-state index contributed by atoms with van der Waals surface area (Å²) in [6, 6.07) is 9.69. The lowest BCUT2D eigenvalue weighted by molar-refractivity contribution is 0.545. The van der Waals surface area contributed by atoms with Crippen molar-refractivity contribution in [3.05, 3.63) is 46.1 Å². The van der Waals surface area contributed by atoms with Gasteiger partial charge in [0.2, 0.25) is 0 Å². The van der Waals surface area contributed by atoms with Crippen LogP contribution in [0.4, 0.5) is 5.82 Å². The number of rotatable bonds is 2. The number of anilines is 1. The van der Waals surface area contributed by atoms with Crippen LogP contribution in [0.1, 0.15) is 37.6 Å². The van der Waals surface area contributed by atoms with Crippen LogP contribution in [0, 0.1) is 11.3 Å². The third kappa shape index (κ3) is 2.63. The fourth-order valence-electron chi connectivity index (χ4n) is 2.02. The number of hydrogen-bond donors (Lipinski definition) is 1. The summed E-state index contributed by atoms with van der Waals surface area (Å²) >= 11 is 6.15. The van der Waals surface area contributed by atoms with Crippen molar-refractivity contribution in [2.24, 2.45) is 0 Å². The molecule has 0 spiro atoms. The second kappa shape index (κ2) is 5.18. The fraction of sp³-hybridized carbons (Fsp3) is 0.333. The first-order valence-electron chi connectivity index (χ1n) is 6.35. The first-order valence-corrected chi connectivity index (χ1v) is 6.72. The van der Waals surface area contributed by atoms with Gasteiger partial charge in [0.15, 0.2) is 0 Å². The highest BCUT2D eigenvalue weighted by atomic mass is 35.5. The maximum atomic E-state index is 9.29. The zero-order valence-corrected chi connectivity index (χ0v) is 12.6. The maximum Gasteiger partial charge on any atom is 0.140 e. The maximum absolute atomic E-state index is 9.29. The normalized spacial score (nSPS) is 11.3. The molecular formula is C15H17ClN4. The van der Waals surface area contributed by atoms with Crippen LogP contribution in [0.5, 0.6) is 0 Å². The molecule has 1 aromatic heterocycles. The van der Waals surface area contributed by atoms with Crippen molar-refractivity contribution in [2.75, 3.05) is 5.73 Å². The molecular weight excluding hydrogens is 272 g/mol. The van der Waals surface area contributed by atoms with Crippen molar-refractivity contribution < 1.29 is 0 Å². The van der Waals surface area contributed by atoms with E-state index in [0.717, 1.165) is 5.56 Å². The number of halogens is 1. The third-order valence-electron chi connectivity index (χ3n) is 3.09. The third-order valence-corrected chi connectivity index (χ3v) is 3.46. The summed E-state index contributed by atoms with van der Waals surface area (Å²) in [6.45, 7) is 6.48. The molecule has 2 aromatic rings. The van der Waals surface area contributed by atoms with Gasteiger partial charge in [-0.1, -0.05) is 50.6 Å². The molecule has 0 fully saturated rings. The van der Waals surface area contributed by atoms with E-state index in [1.54, 1.807) is 4.68 Å². The molecule has 4 nitrogen and oxygen atoms in total. The van der Waals surface area contributed by atoms with Gasteiger partial charge in [-0.2, -0.15) is 10.4 Å². The smallest absolute Gasteiger partial charge is 0.140 e. The molecule has 0 aliphatic rings. The summed E-state index contributed by atoms with van der Waals surface area (Å²) in [6.07, 6.45) is 0. The Labute approximate surface area is 123 Å². The summed E-state index contributed by atoms with van der Waals surface area (Å²) in [7, 11) is 0. The number of nitriles is 1. The minimum atomic E-state index is -0.231. The van der Waals surface area contributed by atoms with E-state index < -0.39 is 0 Å². The molecule has 0 radical (unpaired) electrons. The molecule has 0 saturated carbocycles. The van der Waals surface area contributed by atoms with Crippen LogP contribution in [-0.4, -0.2) is 9.78 Å². The van der Waals surface area contributed by atoms with E-state index in [9.17, 15) is 5.26 Å². The van der Waals surface area contributed by atoms with Crippen LogP contribution < -0.4 is 5.73 Å². The van der Waals surface area contributed by atoms with E-state index in [4.69, 9.17) is 17.3 Å². The number of nitrogens with zero attached hydrogens (tertiary/aromatic N) is 3. The lowest BCUT2D eigenvalue weighted by Crippen LogP contribution is -2.14. The topological polar surface area (TPSA) is 67.6 Å². The molecule has 5 heteroatoms. The Morgan fingerprint density at radius 2 is 2.00 bits per heavy atom. The number of benzene rings is 1. The molecule has 0 atom stereocenters. The predicted molar refractivity (Wildman–Crippen MR) is 80.6 cm³/mol. The van der Waals surface area contributed by atoms with Crippen LogP contribution in [0.3, 0.4) is 0 Å². The summed E-state index contributed by atoms with van der Waals surface area (Å²) in [5.41, 5.74) is 7.90. The monoisotopic (exact) mass is 288 g/mol. The summed E-state index contributed by atoms with van der Waals surface area (Å²) in [5.74, 6) is 0.386. The Morgan fingerprint density at radius 3 is 2.50 bits per heavy atom. The highest BCUT2D eigenvalue weighted by molar-refractivity contribution is 6.31. The molecule has 0 aliphatic heterocycles. The van der Waals surface area contributed by atoms with Gasteiger partial charge in [-0.25, -0.2) is 4.68 Å². The lowest BCUT2D eigenvalue weighted by atomic mass is 9.90. The standard InChI is InChI=1S/C15H17ClN4/c1-15(2,3)13-11(8-17)14(18)20(19-13)9-10-6-4-5-7-12(10)16/h4-7H,9,18H2,1-3H3. The molecule has 0 aliphatic carbocycles. The molecule has 0 bridgehead atoms. The Balaban J connectivity index is 2.47. The second-order valence-corrected chi connectivity index (χ2v) is 6.13. The summed E-state index contributed by atoms with van der Waals surface area (Å²) in [4.78, 5) is 0. The van der Waals surface area contributed by atoms with E-state index in [1.165, 1.54) is 0 Å². The number of hydrogen-bond acceptors (Lipinski definition) is 3. The molecule has 0 amide bonds. The average Bonchev–Trinajstić information content (AvgIpc) is 2.69. The quantitative estimate of drug-likeness (QED) is 0.921. The van der Waals surface area contributed by atoms with Gasteiger partial charge in [0.1, 0.15) is 17.5 Å². The first-order chi connectivity index (χ1) is 9.34. The van der Waals surface area contributed by atoms with E-state index in [-0.39, 0.29) is 5.41 Å². The average molecular weight is 289 g/mol. The Bertz CT molecular complexity index is 674. The molecule has 1 heterocycles. The molecule has 104 valence electrons. The predicted octanol–water partition coefficient (Wildman–Crippen LogP) is 3.34. The zero-order valence-electron chi connectivity index (χ0n) is 11.8. The Kier molecular flexibility index (Phi) is 3.74. The van der Waals surface area contributed by atoms with Crippen LogP contribution in [0.2, 0.25) is 5.02 Å². The van der Waals surface area contributed by atoms with Gasteiger partial charge >= 0.3 is 0 Å². The van der Waals surface area contributed by atoms with Gasteiger partial charge < -0.3 is 5.73 Å². The van der Waals surface area contributed by atoms with Gasteiger partial charge in [0.25, 0.3) is 0 Å². The van der Waals surface area contributed by atoms with Gasteiger partial charge in [-0.05, 0) is 11.6 Å². The highest BCUT2D eigenvalue weighted by Crippen LogP contribution is 2.29. The molecule has 0 saturated heterocycles. The van der Waals surface area contributed by atoms with Crippen LogP contribution in [0.25, 0.3) is 0 Å². The lowest BCUT2D eigenvalue weighted by Gasteiger charge is -2.15. The van der Waals surface area contributed by atoms with Crippen molar-refractivity contribution in [2.45, 2.75) is 32.7 Å². The summed E-state index contributed by atoms with van der Waals surface area (Å²) < 4.78 is 1.64. The molecule has 20 heavy (non-hydrogen) atoms. The van der Waals surface area contributed by atoms with Gasteiger partial charge in [0.05, 0.1) is 12.2 Å².